The lowest BCUT2D eigenvalue weighted by Gasteiger charge is -2.19. The third-order valence-electron chi connectivity index (χ3n) is 3.40. The fourth-order valence-corrected chi connectivity index (χ4v) is 2.34. The number of rotatable bonds is 4. The Kier molecular flexibility index (Phi) is 4.51. The third-order valence-corrected chi connectivity index (χ3v) is 3.40. The summed E-state index contributed by atoms with van der Waals surface area (Å²) in [7, 11) is 0. The Morgan fingerprint density at radius 3 is 2.86 bits per heavy atom. The summed E-state index contributed by atoms with van der Waals surface area (Å²) in [6.45, 7) is -0.222. The second-order valence-electron chi connectivity index (χ2n) is 4.98. The molecule has 0 heterocycles. The monoisotopic (exact) mass is 305 g/mol. The maximum Gasteiger partial charge on any atom is 0.411 e. The molecule has 1 aromatic rings. The van der Waals surface area contributed by atoms with Gasteiger partial charge in [0.25, 0.3) is 0 Å². The van der Waals surface area contributed by atoms with Gasteiger partial charge in [0.1, 0.15) is 18.5 Å². The minimum Gasteiger partial charge on any atom is -0.359 e. The predicted molar refractivity (Wildman–Crippen MR) is 67.1 cm³/mol. The number of nitrogens with one attached hydrogen (secondary N) is 1. The Morgan fingerprint density at radius 2 is 2.19 bits per heavy atom. The number of benzene rings is 1. The van der Waals surface area contributed by atoms with Crippen LogP contribution >= 0.6 is 0 Å². The summed E-state index contributed by atoms with van der Waals surface area (Å²) in [5.74, 6) is -0.966. The van der Waals surface area contributed by atoms with Crippen molar-refractivity contribution in [2.24, 2.45) is 0 Å². The van der Waals surface area contributed by atoms with Crippen molar-refractivity contribution >= 4 is 5.91 Å². The van der Waals surface area contributed by atoms with Gasteiger partial charge in [0, 0.05) is 0 Å². The van der Waals surface area contributed by atoms with E-state index in [2.05, 4.69) is 10.1 Å². The van der Waals surface area contributed by atoms with E-state index < -0.39 is 24.8 Å². The molecule has 7 heteroatoms. The molecule has 1 amide bonds. The second kappa shape index (κ2) is 6.01. The Hall–Kier alpha value is -1.63. The standard InChI is InChI=1S/C14H15F4NO2/c1-8(21-7-14(16,17)18)13(20)19-12-6-5-9-10(12)3-2-4-11(9)15/h2-4,8,12H,5-7H2,1H3,(H,19,20). The summed E-state index contributed by atoms with van der Waals surface area (Å²) in [6, 6.07) is 4.21. The zero-order valence-electron chi connectivity index (χ0n) is 11.3. The van der Waals surface area contributed by atoms with E-state index in [0.29, 0.717) is 24.0 Å². The molecule has 3 nitrogen and oxygen atoms in total. The SMILES string of the molecule is CC(OCC(F)(F)F)C(=O)NC1CCc2c(F)cccc21. The highest BCUT2D eigenvalue weighted by Crippen LogP contribution is 2.32. The summed E-state index contributed by atoms with van der Waals surface area (Å²) < 4.78 is 54.1. The average Bonchev–Trinajstić information content (AvgIpc) is 2.80. The number of carbonyl (C=O) groups is 1. The third kappa shape index (κ3) is 3.93. The quantitative estimate of drug-likeness (QED) is 0.869. The van der Waals surface area contributed by atoms with E-state index in [9.17, 15) is 22.4 Å². The highest BCUT2D eigenvalue weighted by atomic mass is 19.4. The molecule has 2 unspecified atom stereocenters. The van der Waals surface area contributed by atoms with E-state index in [1.807, 2.05) is 0 Å². The predicted octanol–water partition coefficient (Wildman–Crippen LogP) is 2.90. The lowest BCUT2D eigenvalue weighted by atomic mass is 10.1. The molecule has 1 aliphatic carbocycles. The van der Waals surface area contributed by atoms with Crippen LogP contribution in [0.4, 0.5) is 17.6 Å². The molecule has 2 atom stereocenters. The Bertz CT molecular complexity index is 530. The van der Waals surface area contributed by atoms with Gasteiger partial charge >= 0.3 is 6.18 Å². The fraction of sp³-hybridized carbons (Fsp3) is 0.500. The Labute approximate surface area is 119 Å². The number of hydrogen-bond donors (Lipinski definition) is 1. The van der Waals surface area contributed by atoms with Gasteiger partial charge in [-0.05, 0) is 37.0 Å². The lowest BCUT2D eigenvalue weighted by Crippen LogP contribution is -2.38. The van der Waals surface area contributed by atoms with Crippen LogP contribution in [0.25, 0.3) is 0 Å². The minimum absolute atomic E-state index is 0.328. The fourth-order valence-electron chi connectivity index (χ4n) is 2.34. The van der Waals surface area contributed by atoms with Gasteiger partial charge in [-0.15, -0.1) is 0 Å². The second-order valence-corrected chi connectivity index (χ2v) is 4.98. The molecule has 0 saturated carbocycles. The van der Waals surface area contributed by atoms with E-state index in [0.717, 1.165) is 0 Å². The van der Waals surface area contributed by atoms with Gasteiger partial charge in [-0.25, -0.2) is 4.39 Å². The summed E-state index contributed by atoms with van der Waals surface area (Å²) in [5, 5.41) is 2.60. The molecular formula is C14H15F4NO2. The number of carbonyl (C=O) groups excluding carboxylic acids is 1. The Morgan fingerprint density at radius 1 is 1.48 bits per heavy atom. The van der Waals surface area contributed by atoms with Gasteiger partial charge in [-0.2, -0.15) is 13.2 Å². The highest BCUT2D eigenvalue weighted by molar-refractivity contribution is 5.81. The number of fused-ring (bicyclic) bond motifs is 1. The van der Waals surface area contributed by atoms with Crippen molar-refractivity contribution in [2.75, 3.05) is 6.61 Å². The van der Waals surface area contributed by atoms with Gasteiger partial charge < -0.3 is 10.1 Å². The molecule has 1 aliphatic rings. The van der Waals surface area contributed by atoms with Gasteiger partial charge in [-0.1, -0.05) is 12.1 Å². The molecule has 0 radical (unpaired) electrons. The maximum absolute atomic E-state index is 13.5. The van der Waals surface area contributed by atoms with E-state index in [1.165, 1.54) is 13.0 Å². The number of hydrogen-bond acceptors (Lipinski definition) is 2. The van der Waals surface area contributed by atoms with E-state index in [1.54, 1.807) is 12.1 Å². The first-order valence-electron chi connectivity index (χ1n) is 6.54. The number of alkyl halides is 3. The number of ether oxygens (including phenoxy) is 1. The van der Waals surface area contributed by atoms with Crippen LogP contribution in [-0.2, 0) is 16.0 Å². The molecule has 1 N–H and O–H groups in total. The van der Waals surface area contributed by atoms with Crippen LogP contribution in [-0.4, -0.2) is 24.8 Å². The molecule has 0 saturated heterocycles. The first kappa shape index (κ1) is 15.8. The van der Waals surface area contributed by atoms with Crippen LogP contribution in [0, 0.1) is 5.82 Å². The number of amides is 1. The van der Waals surface area contributed by atoms with Crippen molar-refractivity contribution in [1.82, 2.24) is 5.32 Å². The maximum atomic E-state index is 13.5. The van der Waals surface area contributed by atoms with Gasteiger partial charge in [-0.3, -0.25) is 4.79 Å². The van der Waals surface area contributed by atoms with E-state index in [-0.39, 0.29) is 11.9 Å². The summed E-state index contributed by atoms with van der Waals surface area (Å²) >= 11 is 0. The minimum atomic E-state index is -4.47. The molecule has 0 spiro atoms. The largest absolute Gasteiger partial charge is 0.411 e. The van der Waals surface area contributed by atoms with Crippen molar-refractivity contribution in [1.29, 1.82) is 0 Å². The highest BCUT2D eigenvalue weighted by Gasteiger charge is 2.31. The van der Waals surface area contributed by atoms with E-state index >= 15 is 0 Å². The van der Waals surface area contributed by atoms with Crippen molar-refractivity contribution in [3.63, 3.8) is 0 Å². The molecule has 21 heavy (non-hydrogen) atoms. The zero-order valence-corrected chi connectivity index (χ0v) is 11.3. The molecule has 116 valence electrons. The van der Waals surface area contributed by atoms with Crippen LogP contribution in [0.5, 0.6) is 0 Å². The molecule has 1 aromatic carbocycles. The molecule has 0 fully saturated rings. The lowest BCUT2D eigenvalue weighted by molar-refractivity contribution is -0.185. The van der Waals surface area contributed by atoms with Crippen molar-refractivity contribution in [3.05, 3.63) is 35.1 Å². The van der Waals surface area contributed by atoms with Crippen LogP contribution in [0.1, 0.15) is 30.5 Å². The first-order chi connectivity index (χ1) is 9.78. The average molecular weight is 305 g/mol. The number of halogens is 4. The molecular weight excluding hydrogens is 290 g/mol. The molecule has 0 aromatic heterocycles. The van der Waals surface area contributed by atoms with Gasteiger partial charge in [0.15, 0.2) is 0 Å². The van der Waals surface area contributed by atoms with E-state index in [4.69, 9.17) is 0 Å². The van der Waals surface area contributed by atoms with Crippen molar-refractivity contribution in [3.8, 4) is 0 Å². The van der Waals surface area contributed by atoms with Crippen molar-refractivity contribution in [2.45, 2.75) is 38.1 Å². The molecule has 2 rings (SSSR count). The summed E-state index contributed by atoms with van der Waals surface area (Å²) in [5.41, 5.74) is 1.22. The van der Waals surface area contributed by atoms with Crippen molar-refractivity contribution < 1.29 is 27.1 Å². The summed E-state index contributed by atoms with van der Waals surface area (Å²) in [6.07, 6.45) is -4.68. The Balaban J connectivity index is 1.95. The van der Waals surface area contributed by atoms with Gasteiger partial charge in [0.2, 0.25) is 5.91 Å². The molecule has 0 bridgehead atoms. The topological polar surface area (TPSA) is 38.3 Å². The van der Waals surface area contributed by atoms with Crippen LogP contribution in [0.2, 0.25) is 0 Å². The summed E-state index contributed by atoms with van der Waals surface area (Å²) in [4.78, 5) is 11.8. The van der Waals surface area contributed by atoms with Crippen LogP contribution in [0.15, 0.2) is 18.2 Å². The normalized spacial score (nSPS) is 19.2. The zero-order chi connectivity index (χ0) is 15.6. The van der Waals surface area contributed by atoms with Gasteiger partial charge in [0.05, 0.1) is 6.04 Å². The molecule has 0 aliphatic heterocycles. The van der Waals surface area contributed by atoms with Crippen LogP contribution in [0.3, 0.4) is 0 Å². The first-order valence-corrected chi connectivity index (χ1v) is 6.54. The van der Waals surface area contributed by atoms with Crippen LogP contribution < -0.4 is 5.32 Å². The smallest absolute Gasteiger partial charge is 0.359 e.